The van der Waals surface area contributed by atoms with Gasteiger partial charge in [0.1, 0.15) is 12.4 Å². The SMILES string of the molecule is Fc1ccccc1NCCOCC(F)(F)C(F)F. The molecule has 0 radical (unpaired) electrons. The van der Waals surface area contributed by atoms with Crippen LogP contribution in [0.3, 0.4) is 0 Å². The third-order valence-corrected chi connectivity index (χ3v) is 2.05. The van der Waals surface area contributed by atoms with Crippen molar-refractivity contribution in [3.63, 3.8) is 0 Å². The van der Waals surface area contributed by atoms with Crippen LogP contribution < -0.4 is 5.32 Å². The fourth-order valence-corrected chi connectivity index (χ4v) is 1.13. The minimum atomic E-state index is -4.15. The standard InChI is InChI=1S/C11H12F5NO/c12-8-3-1-2-4-9(8)17-5-6-18-7-11(15,16)10(13)14/h1-4,10,17H,5-7H2. The fraction of sp³-hybridized carbons (Fsp3) is 0.455. The number of hydrogen-bond acceptors (Lipinski definition) is 2. The molecule has 0 unspecified atom stereocenters. The van der Waals surface area contributed by atoms with Crippen LogP contribution in [0.5, 0.6) is 0 Å². The maximum Gasteiger partial charge on any atom is 0.330 e. The molecule has 1 N–H and O–H groups in total. The lowest BCUT2D eigenvalue weighted by molar-refractivity contribution is -0.164. The minimum Gasteiger partial charge on any atom is -0.380 e. The quantitative estimate of drug-likeness (QED) is 0.606. The van der Waals surface area contributed by atoms with Gasteiger partial charge < -0.3 is 10.1 Å². The predicted octanol–water partition coefficient (Wildman–Crippen LogP) is 3.15. The summed E-state index contributed by atoms with van der Waals surface area (Å²) in [7, 11) is 0. The normalized spacial score (nSPS) is 11.9. The van der Waals surface area contributed by atoms with E-state index in [1.54, 1.807) is 6.07 Å². The molecule has 0 saturated carbocycles. The lowest BCUT2D eigenvalue weighted by Crippen LogP contribution is -2.33. The summed E-state index contributed by atoms with van der Waals surface area (Å²) in [5, 5.41) is 2.60. The zero-order chi connectivity index (χ0) is 13.6. The van der Waals surface area contributed by atoms with Crippen molar-refractivity contribution in [2.75, 3.05) is 25.1 Å². The molecule has 1 rings (SSSR count). The van der Waals surface area contributed by atoms with Crippen LogP contribution in [0.2, 0.25) is 0 Å². The smallest absolute Gasteiger partial charge is 0.330 e. The summed E-state index contributed by atoms with van der Waals surface area (Å²) in [6, 6.07) is 5.79. The van der Waals surface area contributed by atoms with E-state index in [9.17, 15) is 22.0 Å². The monoisotopic (exact) mass is 269 g/mol. The summed E-state index contributed by atoms with van der Waals surface area (Å²) < 4.78 is 65.8. The fourth-order valence-electron chi connectivity index (χ4n) is 1.13. The number of rotatable bonds is 7. The van der Waals surface area contributed by atoms with Crippen molar-refractivity contribution in [2.45, 2.75) is 12.3 Å². The van der Waals surface area contributed by atoms with Crippen LogP contribution >= 0.6 is 0 Å². The van der Waals surface area contributed by atoms with Gasteiger partial charge in [0.15, 0.2) is 0 Å². The van der Waals surface area contributed by atoms with Crippen LogP contribution in [-0.4, -0.2) is 32.1 Å². The predicted molar refractivity (Wildman–Crippen MR) is 56.7 cm³/mol. The lowest BCUT2D eigenvalue weighted by Gasteiger charge is -2.15. The van der Waals surface area contributed by atoms with E-state index in [-0.39, 0.29) is 18.8 Å². The van der Waals surface area contributed by atoms with E-state index in [1.807, 2.05) is 0 Å². The van der Waals surface area contributed by atoms with E-state index >= 15 is 0 Å². The second-order valence-corrected chi connectivity index (χ2v) is 3.52. The van der Waals surface area contributed by atoms with Gasteiger partial charge in [-0.25, -0.2) is 13.2 Å². The van der Waals surface area contributed by atoms with Crippen LogP contribution in [0.1, 0.15) is 0 Å². The Morgan fingerprint density at radius 2 is 1.89 bits per heavy atom. The van der Waals surface area contributed by atoms with Gasteiger partial charge in [0.2, 0.25) is 0 Å². The number of nitrogens with one attached hydrogen (secondary N) is 1. The van der Waals surface area contributed by atoms with Crippen LogP contribution in [0.25, 0.3) is 0 Å². The highest BCUT2D eigenvalue weighted by Gasteiger charge is 2.40. The largest absolute Gasteiger partial charge is 0.380 e. The molecule has 0 spiro atoms. The Morgan fingerprint density at radius 3 is 2.50 bits per heavy atom. The molecule has 0 aliphatic rings. The highest BCUT2D eigenvalue weighted by molar-refractivity contribution is 5.44. The minimum absolute atomic E-state index is 0.0419. The summed E-state index contributed by atoms with van der Waals surface area (Å²) in [5.74, 6) is -4.65. The summed E-state index contributed by atoms with van der Waals surface area (Å²) in [4.78, 5) is 0. The Morgan fingerprint density at radius 1 is 1.22 bits per heavy atom. The molecule has 2 nitrogen and oxygen atoms in total. The Labute approximate surface area is 101 Å². The van der Waals surface area contributed by atoms with Crippen LogP contribution in [-0.2, 0) is 4.74 Å². The van der Waals surface area contributed by atoms with E-state index in [0.717, 1.165) is 0 Å². The molecular formula is C11H12F5NO. The number of ether oxygens (including phenoxy) is 1. The van der Waals surface area contributed by atoms with Crippen molar-refractivity contribution in [3.8, 4) is 0 Å². The van der Waals surface area contributed by atoms with E-state index in [4.69, 9.17) is 0 Å². The number of anilines is 1. The summed E-state index contributed by atoms with van der Waals surface area (Å²) >= 11 is 0. The van der Waals surface area contributed by atoms with Gasteiger partial charge in [-0.2, -0.15) is 8.78 Å². The maximum absolute atomic E-state index is 13.1. The molecule has 7 heteroatoms. The molecule has 0 atom stereocenters. The zero-order valence-corrected chi connectivity index (χ0v) is 9.31. The second-order valence-electron chi connectivity index (χ2n) is 3.52. The van der Waals surface area contributed by atoms with Crippen LogP contribution in [0.4, 0.5) is 27.6 Å². The van der Waals surface area contributed by atoms with Crippen molar-refractivity contribution in [1.82, 2.24) is 0 Å². The number of alkyl halides is 4. The van der Waals surface area contributed by atoms with Gasteiger partial charge in [0.25, 0.3) is 0 Å². The first-order chi connectivity index (χ1) is 8.43. The number of para-hydroxylation sites is 1. The molecule has 0 saturated heterocycles. The van der Waals surface area contributed by atoms with Crippen molar-refractivity contribution < 1.29 is 26.7 Å². The molecule has 0 fully saturated rings. The number of halogens is 5. The van der Waals surface area contributed by atoms with E-state index in [2.05, 4.69) is 10.1 Å². The molecule has 1 aromatic rings. The Hall–Kier alpha value is -1.37. The first-order valence-corrected chi connectivity index (χ1v) is 5.15. The van der Waals surface area contributed by atoms with Gasteiger partial charge in [-0.05, 0) is 12.1 Å². The number of hydrogen-bond donors (Lipinski definition) is 1. The first kappa shape index (κ1) is 14.7. The summed E-state index contributed by atoms with van der Waals surface area (Å²) in [5.41, 5.74) is 0.196. The van der Waals surface area contributed by atoms with Crippen molar-refractivity contribution in [1.29, 1.82) is 0 Å². The molecular weight excluding hydrogens is 257 g/mol. The molecule has 0 bridgehead atoms. The van der Waals surface area contributed by atoms with Gasteiger partial charge in [-0.1, -0.05) is 12.1 Å². The average molecular weight is 269 g/mol. The average Bonchev–Trinajstić information content (AvgIpc) is 2.30. The summed E-state index contributed by atoms with van der Waals surface area (Å²) in [6.45, 7) is -1.54. The Kier molecular flexibility index (Phi) is 5.33. The Bertz CT molecular complexity index is 372. The third kappa shape index (κ3) is 4.48. The molecule has 1 aromatic carbocycles. The molecule has 102 valence electrons. The van der Waals surface area contributed by atoms with E-state index in [0.29, 0.717) is 0 Å². The van der Waals surface area contributed by atoms with Gasteiger partial charge in [0, 0.05) is 6.54 Å². The van der Waals surface area contributed by atoms with Crippen LogP contribution in [0.15, 0.2) is 24.3 Å². The van der Waals surface area contributed by atoms with Gasteiger partial charge in [0.05, 0.1) is 12.3 Å². The molecule has 0 heterocycles. The molecule has 0 aliphatic heterocycles. The molecule has 18 heavy (non-hydrogen) atoms. The second kappa shape index (κ2) is 6.53. The molecule has 0 aromatic heterocycles. The summed E-state index contributed by atoms with van der Waals surface area (Å²) in [6.07, 6.45) is -3.75. The van der Waals surface area contributed by atoms with Gasteiger partial charge in [-0.3, -0.25) is 0 Å². The maximum atomic E-state index is 13.1. The molecule has 0 aliphatic carbocycles. The van der Waals surface area contributed by atoms with Gasteiger partial charge >= 0.3 is 12.3 Å². The van der Waals surface area contributed by atoms with Crippen LogP contribution in [0, 0.1) is 5.82 Å². The highest BCUT2D eigenvalue weighted by Crippen LogP contribution is 2.22. The number of benzene rings is 1. The lowest BCUT2D eigenvalue weighted by atomic mass is 10.3. The zero-order valence-electron chi connectivity index (χ0n) is 9.31. The highest BCUT2D eigenvalue weighted by atomic mass is 19.3. The van der Waals surface area contributed by atoms with Crippen molar-refractivity contribution >= 4 is 5.69 Å². The molecule has 0 amide bonds. The topological polar surface area (TPSA) is 21.3 Å². The van der Waals surface area contributed by atoms with Gasteiger partial charge in [-0.15, -0.1) is 0 Å². The van der Waals surface area contributed by atoms with Crippen molar-refractivity contribution in [2.24, 2.45) is 0 Å². The third-order valence-electron chi connectivity index (χ3n) is 2.05. The van der Waals surface area contributed by atoms with E-state index < -0.39 is 24.8 Å². The first-order valence-electron chi connectivity index (χ1n) is 5.15. The van der Waals surface area contributed by atoms with Crippen molar-refractivity contribution in [3.05, 3.63) is 30.1 Å². The van der Waals surface area contributed by atoms with E-state index in [1.165, 1.54) is 18.2 Å². The Balaban J connectivity index is 2.22.